The number of rotatable bonds is 1. The van der Waals surface area contributed by atoms with Crippen LogP contribution < -0.4 is 0 Å². The number of hydrogen-bond acceptors (Lipinski definition) is 2. The van der Waals surface area contributed by atoms with E-state index in [1.165, 1.54) is 12.1 Å². The Morgan fingerprint density at radius 1 is 1.00 bits per heavy atom. The molecule has 0 amide bonds. The van der Waals surface area contributed by atoms with Crippen molar-refractivity contribution in [2.75, 3.05) is 0 Å². The first-order valence-electron chi connectivity index (χ1n) is 2.63. The summed E-state index contributed by atoms with van der Waals surface area (Å²) in [5.74, 6) is 0. The summed E-state index contributed by atoms with van der Waals surface area (Å²) < 4.78 is 29.2. The van der Waals surface area contributed by atoms with Crippen molar-refractivity contribution < 1.29 is 18.4 Å². The zero-order valence-corrected chi connectivity index (χ0v) is 6.38. The third kappa shape index (κ3) is 8.20. The van der Waals surface area contributed by atoms with Crippen molar-refractivity contribution in [3.63, 3.8) is 0 Å². The Labute approximate surface area is 162 Å². The van der Waals surface area contributed by atoms with Gasteiger partial charge in [-0.25, -0.2) is 0 Å². The van der Waals surface area contributed by atoms with Crippen LogP contribution in [0, 0.1) is 0 Å². The molecule has 0 spiro atoms. The molecule has 0 aliphatic heterocycles. The molecule has 3 N–H and O–H groups in total. The molecule has 4 nitrogen and oxygen atoms in total. The van der Waals surface area contributed by atoms with Gasteiger partial charge in [-0.3, -0.25) is 4.55 Å². The maximum atomic E-state index is 10.4. The van der Waals surface area contributed by atoms with Gasteiger partial charge in [-0.15, -0.1) is 0 Å². The van der Waals surface area contributed by atoms with Gasteiger partial charge in [-0.05, 0) is 12.1 Å². The van der Waals surface area contributed by atoms with Crippen LogP contribution >= 0.6 is 0 Å². The molecule has 7 heteroatoms. The van der Waals surface area contributed by atoms with Gasteiger partial charge in [-0.2, -0.15) is 8.42 Å². The molecule has 0 aliphatic carbocycles. The molecule has 1 aromatic rings. The molecule has 13 heavy (non-hydrogen) atoms. The van der Waals surface area contributed by atoms with E-state index in [4.69, 9.17) is 4.55 Å². The second-order valence-corrected chi connectivity index (χ2v) is 3.21. The van der Waals surface area contributed by atoms with Crippen molar-refractivity contribution in [1.29, 1.82) is 0 Å². The second kappa shape index (κ2) is 9.58. The van der Waals surface area contributed by atoms with Crippen molar-refractivity contribution in [1.82, 2.24) is 0 Å². The van der Waals surface area contributed by atoms with E-state index in [1.807, 2.05) is 0 Å². The molecule has 0 radical (unpaired) electrons. The summed E-state index contributed by atoms with van der Waals surface area (Å²) in [5.41, 5.74) is 0. The van der Waals surface area contributed by atoms with E-state index in [0.717, 1.165) is 0 Å². The quantitative estimate of drug-likeness (QED) is 0.506. The van der Waals surface area contributed by atoms with E-state index in [9.17, 15) is 8.42 Å². The Balaban J connectivity index is -0.000000333. The average Bonchev–Trinajstić information content (AvgIpc) is 1.88. The predicted octanol–water partition coefficient (Wildman–Crippen LogP) is -1.19. The summed E-state index contributed by atoms with van der Waals surface area (Å²) >= 11 is 0. The molecule has 1 aromatic carbocycles. The van der Waals surface area contributed by atoms with E-state index in [1.54, 1.807) is 18.2 Å². The topological polar surface area (TPSA) is 85.9 Å². The van der Waals surface area contributed by atoms with E-state index in [0.29, 0.717) is 0 Å². The summed E-state index contributed by atoms with van der Waals surface area (Å²) in [5, 5.41) is 0. The molecule has 0 fully saturated rings. The fourth-order valence-electron chi connectivity index (χ4n) is 0.592. The first-order chi connectivity index (χ1) is 4.61. The first kappa shape index (κ1) is 20.7. The molecule has 0 bridgehead atoms. The molecule has 0 saturated carbocycles. The molecular weight excluding hydrogens is 246 g/mol. The maximum absolute atomic E-state index is 10.4. The van der Waals surface area contributed by atoms with E-state index >= 15 is 0 Å². The van der Waals surface area contributed by atoms with Crippen LogP contribution in [-0.4, -0.2) is 121 Å². The van der Waals surface area contributed by atoms with Gasteiger partial charge in [0, 0.05) is 0 Å². The molecule has 0 aliphatic rings. The van der Waals surface area contributed by atoms with Gasteiger partial charge in [0.1, 0.15) is 0 Å². The molecule has 0 heterocycles. The van der Waals surface area contributed by atoms with Gasteiger partial charge in [0.2, 0.25) is 0 Å². The zero-order chi connectivity index (χ0) is 7.61. The Hall–Kier alpha value is 2.36. The SMILES string of the molecule is O.O=S(=O)(O)c1ccccc1.[KH].[KH]. The molecule has 1 rings (SSSR count). The van der Waals surface area contributed by atoms with Crippen LogP contribution in [0.25, 0.3) is 0 Å². The van der Waals surface area contributed by atoms with Crippen molar-refractivity contribution in [2.24, 2.45) is 0 Å². The Morgan fingerprint density at radius 2 is 1.38 bits per heavy atom. The summed E-state index contributed by atoms with van der Waals surface area (Å²) in [6.45, 7) is 0. The Morgan fingerprint density at radius 3 is 1.62 bits per heavy atom. The fourth-order valence-corrected chi connectivity index (χ4v) is 1.09. The monoisotopic (exact) mass is 256 g/mol. The minimum absolute atomic E-state index is 0. The Kier molecular flexibility index (Phi) is 15.3. The van der Waals surface area contributed by atoms with Crippen LogP contribution in [0.5, 0.6) is 0 Å². The van der Waals surface area contributed by atoms with E-state index in [-0.39, 0.29) is 113 Å². The zero-order valence-electron chi connectivity index (χ0n) is 5.56. The second-order valence-electron chi connectivity index (χ2n) is 1.79. The standard InChI is InChI=1S/C6H6O3S.2K.H2O.2H/c7-10(8,9)6-4-2-1-3-5-6;;;;;/h1-5H,(H,7,8,9);;;1H2;;. The third-order valence-electron chi connectivity index (χ3n) is 1.04. The normalized spacial score (nSPS) is 8.69. The summed E-state index contributed by atoms with van der Waals surface area (Å²) in [4.78, 5) is -0.0741. The van der Waals surface area contributed by atoms with E-state index < -0.39 is 10.1 Å². The molecule has 0 saturated heterocycles. The number of hydrogen-bond donors (Lipinski definition) is 1. The van der Waals surface area contributed by atoms with Crippen LogP contribution in [0.4, 0.5) is 0 Å². The summed E-state index contributed by atoms with van der Waals surface area (Å²) in [6.07, 6.45) is 0. The molecule has 0 unspecified atom stereocenters. The molecule has 66 valence electrons. The van der Waals surface area contributed by atoms with Gasteiger partial charge in [-0.1, -0.05) is 18.2 Å². The number of benzene rings is 1. The molecular formula is C6H10K2O4S. The van der Waals surface area contributed by atoms with Crippen LogP contribution in [0.1, 0.15) is 0 Å². The Bertz CT molecular complexity index is 311. The van der Waals surface area contributed by atoms with Crippen LogP contribution in [0.3, 0.4) is 0 Å². The predicted molar refractivity (Wildman–Crippen MR) is 54.2 cm³/mol. The van der Waals surface area contributed by atoms with Crippen LogP contribution in [-0.2, 0) is 10.1 Å². The van der Waals surface area contributed by atoms with Gasteiger partial charge >= 0.3 is 103 Å². The summed E-state index contributed by atoms with van der Waals surface area (Å²) in [7, 11) is -4.00. The van der Waals surface area contributed by atoms with Gasteiger partial charge < -0.3 is 5.48 Å². The van der Waals surface area contributed by atoms with E-state index in [2.05, 4.69) is 0 Å². The molecule has 0 atom stereocenters. The third-order valence-corrected chi connectivity index (χ3v) is 1.91. The van der Waals surface area contributed by atoms with Crippen molar-refractivity contribution >= 4 is 113 Å². The van der Waals surface area contributed by atoms with Crippen molar-refractivity contribution in [3.8, 4) is 0 Å². The van der Waals surface area contributed by atoms with Crippen molar-refractivity contribution in [2.45, 2.75) is 4.90 Å². The fraction of sp³-hybridized carbons (Fsp3) is 0. The van der Waals surface area contributed by atoms with Crippen molar-refractivity contribution in [3.05, 3.63) is 30.3 Å². The van der Waals surface area contributed by atoms with Gasteiger partial charge in [0.25, 0.3) is 10.1 Å². The van der Waals surface area contributed by atoms with Crippen LogP contribution in [0.15, 0.2) is 35.2 Å². The first-order valence-corrected chi connectivity index (χ1v) is 4.07. The van der Waals surface area contributed by atoms with Crippen LogP contribution in [0.2, 0.25) is 0 Å². The summed E-state index contributed by atoms with van der Waals surface area (Å²) in [6, 6.07) is 7.42. The molecule has 0 aromatic heterocycles. The average molecular weight is 256 g/mol. The minimum atomic E-state index is -4.00. The van der Waals surface area contributed by atoms with Gasteiger partial charge in [0.15, 0.2) is 0 Å². The van der Waals surface area contributed by atoms with Gasteiger partial charge in [0.05, 0.1) is 4.90 Å².